The van der Waals surface area contributed by atoms with Gasteiger partial charge in [0.25, 0.3) is 0 Å². The summed E-state index contributed by atoms with van der Waals surface area (Å²) in [5, 5.41) is 7.68. The first-order valence-corrected chi connectivity index (χ1v) is 8.60. The van der Waals surface area contributed by atoms with E-state index in [2.05, 4.69) is 41.4 Å². The third kappa shape index (κ3) is 3.76. The molecule has 2 heterocycles. The Morgan fingerprint density at radius 1 is 1.21 bits per heavy atom. The standard InChI is InChI=1S/C14H21N3S2/c1-4-6-8-15-14-17-12(9-18-14)13-11(7-5-2)16-10(3)19-13/h9H,4-8H2,1-3H3,(H,15,17). The number of unbranched alkanes of at least 4 members (excludes halogenated alkanes) is 1. The highest BCUT2D eigenvalue weighted by Crippen LogP contribution is 2.33. The molecule has 0 saturated heterocycles. The van der Waals surface area contributed by atoms with Gasteiger partial charge < -0.3 is 5.32 Å². The first-order valence-electron chi connectivity index (χ1n) is 6.90. The molecule has 0 bridgehead atoms. The van der Waals surface area contributed by atoms with Crippen LogP contribution in [-0.2, 0) is 6.42 Å². The van der Waals surface area contributed by atoms with Crippen molar-refractivity contribution in [2.45, 2.75) is 46.5 Å². The molecule has 2 aromatic heterocycles. The summed E-state index contributed by atoms with van der Waals surface area (Å²) in [6.07, 6.45) is 4.56. The molecule has 1 N–H and O–H groups in total. The topological polar surface area (TPSA) is 37.8 Å². The maximum absolute atomic E-state index is 4.69. The van der Waals surface area contributed by atoms with Crippen LogP contribution in [0.5, 0.6) is 0 Å². The van der Waals surface area contributed by atoms with Gasteiger partial charge in [-0.05, 0) is 19.8 Å². The summed E-state index contributed by atoms with van der Waals surface area (Å²) >= 11 is 3.44. The molecule has 0 aliphatic heterocycles. The van der Waals surface area contributed by atoms with Crippen LogP contribution < -0.4 is 5.32 Å². The number of hydrogen-bond acceptors (Lipinski definition) is 5. The lowest BCUT2D eigenvalue weighted by Crippen LogP contribution is -1.99. The third-order valence-electron chi connectivity index (χ3n) is 2.83. The number of nitrogens with zero attached hydrogens (tertiary/aromatic N) is 2. The number of anilines is 1. The fourth-order valence-electron chi connectivity index (χ4n) is 1.91. The number of rotatable bonds is 7. The molecule has 0 amide bonds. The van der Waals surface area contributed by atoms with E-state index in [0.29, 0.717) is 0 Å². The molecule has 0 fully saturated rings. The normalized spacial score (nSPS) is 10.9. The van der Waals surface area contributed by atoms with Crippen molar-refractivity contribution in [1.29, 1.82) is 0 Å². The third-order valence-corrected chi connectivity index (χ3v) is 4.67. The van der Waals surface area contributed by atoms with Crippen molar-refractivity contribution >= 4 is 27.8 Å². The minimum Gasteiger partial charge on any atom is -0.362 e. The van der Waals surface area contributed by atoms with E-state index in [0.717, 1.165) is 35.2 Å². The quantitative estimate of drug-likeness (QED) is 0.750. The van der Waals surface area contributed by atoms with Crippen LogP contribution in [0.15, 0.2) is 5.38 Å². The van der Waals surface area contributed by atoms with Crippen LogP contribution in [-0.4, -0.2) is 16.5 Å². The van der Waals surface area contributed by atoms with Crippen molar-refractivity contribution in [2.24, 2.45) is 0 Å². The van der Waals surface area contributed by atoms with Crippen molar-refractivity contribution in [3.8, 4) is 10.6 Å². The van der Waals surface area contributed by atoms with E-state index in [1.807, 2.05) is 0 Å². The summed E-state index contributed by atoms with van der Waals surface area (Å²) in [4.78, 5) is 10.6. The maximum Gasteiger partial charge on any atom is 0.183 e. The summed E-state index contributed by atoms with van der Waals surface area (Å²) in [5.74, 6) is 0. The molecule has 5 heteroatoms. The van der Waals surface area contributed by atoms with Crippen LogP contribution in [0, 0.1) is 6.92 Å². The second-order valence-electron chi connectivity index (χ2n) is 4.58. The van der Waals surface area contributed by atoms with Gasteiger partial charge in [0, 0.05) is 11.9 Å². The zero-order valence-electron chi connectivity index (χ0n) is 11.8. The highest BCUT2D eigenvalue weighted by Gasteiger charge is 2.13. The smallest absolute Gasteiger partial charge is 0.183 e. The minimum atomic E-state index is 1.01. The molecule has 0 aliphatic rings. The summed E-state index contributed by atoms with van der Waals surface area (Å²) in [7, 11) is 0. The fraction of sp³-hybridized carbons (Fsp3) is 0.571. The first kappa shape index (κ1) is 14.5. The predicted molar refractivity (Wildman–Crippen MR) is 85.4 cm³/mol. The second-order valence-corrected chi connectivity index (χ2v) is 6.64. The van der Waals surface area contributed by atoms with E-state index in [4.69, 9.17) is 0 Å². The molecule has 0 radical (unpaired) electrons. The zero-order valence-corrected chi connectivity index (χ0v) is 13.5. The molecule has 0 saturated carbocycles. The van der Waals surface area contributed by atoms with Crippen LogP contribution in [0.2, 0.25) is 0 Å². The van der Waals surface area contributed by atoms with Gasteiger partial charge in [-0.2, -0.15) is 0 Å². The molecular weight excluding hydrogens is 274 g/mol. The van der Waals surface area contributed by atoms with Gasteiger partial charge in [0.15, 0.2) is 5.13 Å². The SMILES string of the molecule is CCCCNc1nc(-c2sc(C)nc2CCC)cs1. The van der Waals surface area contributed by atoms with Crippen LogP contribution in [0.25, 0.3) is 10.6 Å². The Labute approximate surface area is 123 Å². The molecule has 2 rings (SSSR count). The van der Waals surface area contributed by atoms with Gasteiger partial charge in [0.1, 0.15) is 0 Å². The Morgan fingerprint density at radius 2 is 2.05 bits per heavy atom. The molecule has 3 nitrogen and oxygen atoms in total. The number of nitrogens with one attached hydrogen (secondary N) is 1. The van der Waals surface area contributed by atoms with Crippen molar-refractivity contribution in [3.05, 3.63) is 16.1 Å². The van der Waals surface area contributed by atoms with Crippen LogP contribution in [0.4, 0.5) is 5.13 Å². The largest absolute Gasteiger partial charge is 0.362 e. The van der Waals surface area contributed by atoms with Crippen molar-refractivity contribution < 1.29 is 0 Å². The molecule has 0 unspecified atom stereocenters. The van der Waals surface area contributed by atoms with E-state index >= 15 is 0 Å². The summed E-state index contributed by atoms with van der Waals surface area (Å²) in [5.41, 5.74) is 2.29. The number of aromatic nitrogens is 2. The van der Waals surface area contributed by atoms with E-state index in [9.17, 15) is 0 Å². The van der Waals surface area contributed by atoms with Gasteiger partial charge >= 0.3 is 0 Å². The molecule has 104 valence electrons. The van der Waals surface area contributed by atoms with Crippen molar-refractivity contribution in [1.82, 2.24) is 9.97 Å². The van der Waals surface area contributed by atoms with Crippen LogP contribution >= 0.6 is 22.7 Å². The lowest BCUT2D eigenvalue weighted by atomic mass is 10.2. The second kappa shape index (κ2) is 7.01. The zero-order chi connectivity index (χ0) is 13.7. The highest BCUT2D eigenvalue weighted by atomic mass is 32.1. The lowest BCUT2D eigenvalue weighted by molar-refractivity contribution is 0.833. The Bertz CT molecular complexity index is 516. The summed E-state index contributed by atoms with van der Waals surface area (Å²) < 4.78 is 0. The van der Waals surface area contributed by atoms with Crippen molar-refractivity contribution in [2.75, 3.05) is 11.9 Å². The minimum absolute atomic E-state index is 1.01. The van der Waals surface area contributed by atoms with Crippen LogP contribution in [0.3, 0.4) is 0 Å². The summed E-state index contributed by atoms with van der Waals surface area (Å²) in [6.45, 7) is 7.47. The van der Waals surface area contributed by atoms with E-state index in [1.165, 1.54) is 23.4 Å². The van der Waals surface area contributed by atoms with Gasteiger partial charge in [-0.15, -0.1) is 22.7 Å². The molecule has 0 spiro atoms. The van der Waals surface area contributed by atoms with E-state index in [1.54, 1.807) is 22.7 Å². The van der Waals surface area contributed by atoms with E-state index < -0.39 is 0 Å². The number of thiazole rings is 2. The maximum atomic E-state index is 4.69. The van der Waals surface area contributed by atoms with Crippen molar-refractivity contribution in [3.63, 3.8) is 0 Å². The molecule has 2 aromatic rings. The lowest BCUT2D eigenvalue weighted by Gasteiger charge is -1.99. The number of hydrogen-bond donors (Lipinski definition) is 1. The van der Waals surface area contributed by atoms with Gasteiger partial charge in [-0.3, -0.25) is 0 Å². The summed E-state index contributed by atoms with van der Waals surface area (Å²) in [6, 6.07) is 0. The molecule has 0 aliphatic carbocycles. The van der Waals surface area contributed by atoms with Gasteiger partial charge in [-0.25, -0.2) is 9.97 Å². The number of aryl methyl sites for hydroxylation is 2. The van der Waals surface area contributed by atoms with Crippen LogP contribution in [0.1, 0.15) is 43.8 Å². The van der Waals surface area contributed by atoms with Gasteiger partial charge in [-0.1, -0.05) is 26.7 Å². The highest BCUT2D eigenvalue weighted by molar-refractivity contribution is 7.16. The molecule has 0 aromatic carbocycles. The first-order chi connectivity index (χ1) is 9.24. The average Bonchev–Trinajstić information content (AvgIpc) is 2.97. The predicted octanol–water partition coefficient (Wildman–Crippen LogP) is 4.74. The van der Waals surface area contributed by atoms with Gasteiger partial charge in [0.2, 0.25) is 0 Å². The van der Waals surface area contributed by atoms with E-state index in [-0.39, 0.29) is 0 Å². The molecule has 19 heavy (non-hydrogen) atoms. The Morgan fingerprint density at radius 3 is 2.79 bits per heavy atom. The Hall–Kier alpha value is -0.940. The monoisotopic (exact) mass is 295 g/mol. The molecule has 0 atom stereocenters. The molecular formula is C14H21N3S2. The average molecular weight is 295 g/mol. The van der Waals surface area contributed by atoms with Gasteiger partial charge in [0.05, 0.1) is 21.3 Å². The Balaban J connectivity index is 2.13. The fourth-order valence-corrected chi connectivity index (χ4v) is 3.64. The Kier molecular flexibility index (Phi) is 5.34.